The van der Waals surface area contributed by atoms with Crippen LogP contribution in [0.5, 0.6) is 0 Å². The summed E-state index contributed by atoms with van der Waals surface area (Å²) < 4.78 is 11.4. The molecule has 0 unspecified atom stereocenters. The van der Waals surface area contributed by atoms with Crippen molar-refractivity contribution < 1.29 is 9.16 Å². The van der Waals surface area contributed by atoms with Crippen molar-refractivity contribution in [3.63, 3.8) is 0 Å². The van der Waals surface area contributed by atoms with E-state index in [1.807, 2.05) is 0 Å². The van der Waals surface area contributed by atoms with Crippen molar-refractivity contribution in [3.05, 3.63) is 41.3 Å². The Morgan fingerprint density at radius 3 is 2.05 bits per heavy atom. The van der Waals surface area contributed by atoms with Crippen molar-refractivity contribution in [2.24, 2.45) is 5.92 Å². The molecule has 0 aliphatic heterocycles. The van der Waals surface area contributed by atoms with Crippen LogP contribution in [0.15, 0.2) is 30.2 Å². The SMILES string of the molecule is CO/C(O[Si](C)(C)C)=C(/C)c1ccc(CC(C)C)cc1. The Bertz CT molecular complexity index is 453. The second-order valence-electron chi connectivity index (χ2n) is 6.63. The second-order valence-corrected chi connectivity index (χ2v) is 11.1. The quantitative estimate of drug-likeness (QED) is 0.538. The van der Waals surface area contributed by atoms with Crippen molar-refractivity contribution in [1.29, 1.82) is 0 Å². The number of rotatable bonds is 6. The third kappa shape index (κ3) is 5.41. The zero-order valence-corrected chi connectivity index (χ0v) is 14.9. The molecule has 112 valence electrons. The van der Waals surface area contributed by atoms with E-state index in [9.17, 15) is 0 Å². The summed E-state index contributed by atoms with van der Waals surface area (Å²) in [6.07, 6.45) is 1.12. The molecule has 0 saturated heterocycles. The second kappa shape index (κ2) is 6.98. The number of methoxy groups -OCH3 is 1. The van der Waals surface area contributed by atoms with Crippen molar-refractivity contribution in [2.45, 2.75) is 46.8 Å². The zero-order valence-electron chi connectivity index (χ0n) is 13.9. The van der Waals surface area contributed by atoms with Crippen LogP contribution in [0.1, 0.15) is 31.9 Å². The Balaban J connectivity index is 2.96. The molecule has 1 aromatic rings. The van der Waals surface area contributed by atoms with Gasteiger partial charge in [0, 0.05) is 5.57 Å². The van der Waals surface area contributed by atoms with E-state index in [-0.39, 0.29) is 0 Å². The molecule has 0 amide bonds. The van der Waals surface area contributed by atoms with Crippen LogP contribution in [0.2, 0.25) is 19.6 Å². The molecule has 3 heteroatoms. The molecule has 0 atom stereocenters. The number of allylic oxidation sites excluding steroid dienone is 1. The summed E-state index contributed by atoms with van der Waals surface area (Å²) in [4.78, 5) is 0. The third-order valence-corrected chi connectivity index (χ3v) is 3.72. The van der Waals surface area contributed by atoms with Crippen molar-refractivity contribution in [2.75, 3.05) is 7.11 Å². The summed E-state index contributed by atoms with van der Waals surface area (Å²) in [7, 11) is 0.0202. The average Bonchev–Trinajstić information content (AvgIpc) is 2.34. The van der Waals surface area contributed by atoms with E-state index in [0.29, 0.717) is 11.9 Å². The molecule has 0 fully saturated rings. The van der Waals surface area contributed by atoms with Gasteiger partial charge < -0.3 is 9.16 Å². The Hall–Kier alpha value is -1.22. The van der Waals surface area contributed by atoms with Gasteiger partial charge in [-0.25, -0.2) is 0 Å². The maximum absolute atomic E-state index is 5.99. The van der Waals surface area contributed by atoms with Gasteiger partial charge in [0.1, 0.15) is 0 Å². The summed E-state index contributed by atoms with van der Waals surface area (Å²) >= 11 is 0. The Labute approximate surface area is 124 Å². The molecule has 0 saturated carbocycles. The van der Waals surface area contributed by atoms with E-state index in [1.165, 1.54) is 5.56 Å². The van der Waals surface area contributed by atoms with E-state index in [1.54, 1.807) is 7.11 Å². The zero-order chi connectivity index (χ0) is 15.3. The van der Waals surface area contributed by atoms with Gasteiger partial charge in [0.2, 0.25) is 8.32 Å². The topological polar surface area (TPSA) is 18.5 Å². The van der Waals surface area contributed by atoms with Gasteiger partial charge in [-0.3, -0.25) is 0 Å². The van der Waals surface area contributed by atoms with Crippen LogP contribution in [0.4, 0.5) is 0 Å². The van der Waals surface area contributed by atoms with Gasteiger partial charge in [-0.05, 0) is 50.0 Å². The monoisotopic (exact) mass is 292 g/mol. The molecule has 0 bridgehead atoms. The molecule has 20 heavy (non-hydrogen) atoms. The fourth-order valence-corrected chi connectivity index (χ4v) is 2.82. The molecular formula is C17H28O2Si. The largest absolute Gasteiger partial charge is 0.520 e. The molecule has 1 rings (SSSR count). The minimum absolute atomic E-state index is 0.653. The standard InChI is InChI=1S/C17H28O2Si/c1-13(2)12-15-8-10-16(11-9-15)14(3)17(18-4)19-20(5,6)7/h8-11,13H,12H2,1-7H3/b17-14+. The van der Waals surface area contributed by atoms with Gasteiger partial charge >= 0.3 is 0 Å². The van der Waals surface area contributed by atoms with Crippen molar-refractivity contribution in [1.82, 2.24) is 0 Å². The normalized spacial score (nSPS) is 13.2. The lowest BCUT2D eigenvalue weighted by Gasteiger charge is -2.22. The fraction of sp³-hybridized carbons (Fsp3) is 0.529. The highest BCUT2D eigenvalue weighted by atomic mass is 28.4. The van der Waals surface area contributed by atoms with E-state index in [4.69, 9.17) is 9.16 Å². The Kier molecular flexibility index (Phi) is 5.87. The molecule has 0 aromatic heterocycles. The molecule has 0 N–H and O–H groups in total. The first-order chi connectivity index (χ1) is 9.23. The van der Waals surface area contributed by atoms with E-state index < -0.39 is 8.32 Å². The highest BCUT2D eigenvalue weighted by Crippen LogP contribution is 2.23. The Morgan fingerprint density at radius 2 is 1.65 bits per heavy atom. The summed E-state index contributed by atoms with van der Waals surface area (Å²) in [6, 6.07) is 8.69. The lowest BCUT2D eigenvalue weighted by molar-refractivity contribution is 0.149. The van der Waals surface area contributed by atoms with Crippen LogP contribution in [0, 0.1) is 5.92 Å². The summed E-state index contributed by atoms with van der Waals surface area (Å²) in [5.74, 6) is 1.34. The summed E-state index contributed by atoms with van der Waals surface area (Å²) in [5.41, 5.74) is 3.60. The smallest absolute Gasteiger partial charge is 0.268 e. The first-order valence-electron chi connectivity index (χ1n) is 7.26. The van der Waals surface area contributed by atoms with Gasteiger partial charge in [-0.1, -0.05) is 38.1 Å². The van der Waals surface area contributed by atoms with Gasteiger partial charge in [0.25, 0.3) is 5.95 Å². The average molecular weight is 292 g/mol. The molecule has 0 heterocycles. The van der Waals surface area contributed by atoms with Crippen LogP contribution >= 0.6 is 0 Å². The van der Waals surface area contributed by atoms with Gasteiger partial charge in [-0.2, -0.15) is 0 Å². The number of hydrogen-bond donors (Lipinski definition) is 0. The van der Waals surface area contributed by atoms with Crippen molar-refractivity contribution >= 4 is 13.9 Å². The molecular weight excluding hydrogens is 264 g/mol. The van der Waals surface area contributed by atoms with Crippen LogP contribution in [0.3, 0.4) is 0 Å². The predicted octanol–water partition coefficient (Wildman–Crippen LogP) is 5.07. The summed E-state index contributed by atoms with van der Waals surface area (Å²) in [5, 5.41) is 0. The highest BCUT2D eigenvalue weighted by molar-refractivity contribution is 6.70. The number of benzene rings is 1. The van der Waals surface area contributed by atoms with Gasteiger partial charge in [-0.15, -0.1) is 0 Å². The molecule has 2 nitrogen and oxygen atoms in total. The molecule has 0 spiro atoms. The summed E-state index contributed by atoms with van der Waals surface area (Å²) in [6.45, 7) is 13.0. The molecule has 1 aromatic carbocycles. The lowest BCUT2D eigenvalue weighted by Crippen LogP contribution is -2.25. The predicted molar refractivity (Wildman–Crippen MR) is 89.0 cm³/mol. The van der Waals surface area contributed by atoms with E-state index in [2.05, 4.69) is 64.7 Å². The minimum Gasteiger partial charge on any atom is -0.520 e. The highest BCUT2D eigenvalue weighted by Gasteiger charge is 2.20. The maximum atomic E-state index is 5.99. The third-order valence-electron chi connectivity index (χ3n) is 2.92. The first kappa shape index (κ1) is 16.8. The van der Waals surface area contributed by atoms with Crippen molar-refractivity contribution in [3.8, 4) is 0 Å². The van der Waals surface area contributed by atoms with Crippen LogP contribution in [-0.4, -0.2) is 15.4 Å². The minimum atomic E-state index is -1.65. The van der Waals surface area contributed by atoms with Gasteiger partial charge in [0.05, 0.1) is 7.11 Å². The molecule has 0 aliphatic carbocycles. The van der Waals surface area contributed by atoms with Gasteiger partial charge in [0.15, 0.2) is 0 Å². The first-order valence-corrected chi connectivity index (χ1v) is 10.7. The lowest BCUT2D eigenvalue weighted by atomic mass is 10.00. The van der Waals surface area contributed by atoms with E-state index >= 15 is 0 Å². The number of hydrogen-bond acceptors (Lipinski definition) is 2. The molecule has 0 aliphatic rings. The fourth-order valence-electron chi connectivity index (χ4n) is 2.03. The number of ether oxygens (including phenoxy) is 1. The van der Waals surface area contributed by atoms with E-state index in [0.717, 1.165) is 17.6 Å². The Morgan fingerprint density at radius 1 is 1.10 bits per heavy atom. The van der Waals surface area contributed by atoms with Crippen LogP contribution in [-0.2, 0) is 15.6 Å². The maximum Gasteiger partial charge on any atom is 0.268 e. The molecule has 0 radical (unpaired) electrons. The van der Waals surface area contributed by atoms with Crippen LogP contribution < -0.4 is 0 Å². The van der Waals surface area contributed by atoms with Crippen LogP contribution in [0.25, 0.3) is 5.57 Å².